The van der Waals surface area contributed by atoms with E-state index in [-0.39, 0.29) is 18.0 Å². The highest BCUT2D eigenvalue weighted by Gasteiger charge is 2.10. The second-order valence-corrected chi connectivity index (χ2v) is 4.65. The van der Waals surface area contributed by atoms with E-state index in [1.807, 2.05) is 20.0 Å². The molecule has 2 aromatic heterocycles. The van der Waals surface area contributed by atoms with E-state index in [1.165, 1.54) is 10.9 Å². The summed E-state index contributed by atoms with van der Waals surface area (Å²) in [5, 5.41) is 21.3. The summed E-state index contributed by atoms with van der Waals surface area (Å²) < 4.78 is 3.10. The van der Waals surface area contributed by atoms with Crippen LogP contribution in [0.15, 0.2) is 18.5 Å². The van der Waals surface area contributed by atoms with Crippen LogP contribution in [0.5, 0.6) is 0 Å². The Bertz CT molecular complexity index is 660. The molecule has 0 aromatic carbocycles. The van der Waals surface area contributed by atoms with Crippen LogP contribution in [0, 0.1) is 17.0 Å². The molecule has 0 atom stereocenters. The number of amides is 1. The highest BCUT2D eigenvalue weighted by molar-refractivity contribution is 5.75. The first kappa shape index (κ1) is 14.7. The van der Waals surface area contributed by atoms with Crippen molar-refractivity contribution in [3.8, 4) is 0 Å². The van der Waals surface area contributed by atoms with Crippen molar-refractivity contribution in [2.45, 2.75) is 26.4 Å². The number of aryl methyl sites for hydroxylation is 3. The number of nitrogens with zero attached hydrogens (tertiary/aromatic N) is 5. The fraction of sp³-hybridized carbons (Fsp3) is 0.417. The van der Waals surface area contributed by atoms with Crippen molar-refractivity contribution in [2.24, 2.45) is 7.05 Å². The average Bonchev–Trinajstić information content (AvgIpc) is 3.01. The summed E-state index contributed by atoms with van der Waals surface area (Å²) in [6.07, 6.45) is 2.67. The predicted octanol–water partition coefficient (Wildman–Crippen LogP) is 0.540. The van der Waals surface area contributed by atoms with Crippen molar-refractivity contribution in [1.82, 2.24) is 24.9 Å². The molecule has 0 spiro atoms. The lowest BCUT2D eigenvalue weighted by atomic mass is 10.3. The van der Waals surface area contributed by atoms with E-state index in [0.29, 0.717) is 13.1 Å². The van der Waals surface area contributed by atoms with Gasteiger partial charge in [0, 0.05) is 20.0 Å². The van der Waals surface area contributed by atoms with Crippen LogP contribution in [0.3, 0.4) is 0 Å². The molecule has 0 fully saturated rings. The van der Waals surface area contributed by atoms with E-state index in [4.69, 9.17) is 0 Å². The third kappa shape index (κ3) is 3.88. The van der Waals surface area contributed by atoms with Crippen molar-refractivity contribution >= 4 is 11.6 Å². The number of rotatable bonds is 6. The van der Waals surface area contributed by atoms with Gasteiger partial charge in [-0.1, -0.05) is 0 Å². The van der Waals surface area contributed by atoms with Gasteiger partial charge in [0.25, 0.3) is 0 Å². The lowest BCUT2D eigenvalue weighted by Crippen LogP contribution is -2.25. The van der Waals surface area contributed by atoms with Crippen LogP contribution in [0.2, 0.25) is 0 Å². The molecule has 112 valence electrons. The maximum atomic E-state index is 11.7. The maximum absolute atomic E-state index is 11.7. The third-order valence-corrected chi connectivity index (χ3v) is 2.96. The molecule has 1 amide bonds. The van der Waals surface area contributed by atoms with Crippen molar-refractivity contribution < 1.29 is 9.72 Å². The number of carbonyl (C=O) groups is 1. The van der Waals surface area contributed by atoms with Gasteiger partial charge in [0.05, 0.1) is 22.9 Å². The molecule has 0 aliphatic heterocycles. The van der Waals surface area contributed by atoms with Crippen molar-refractivity contribution in [3.05, 3.63) is 40.0 Å². The van der Waals surface area contributed by atoms with E-state index in [1.54, 1.807) is 4.68 Å². The second-order valence-electron chi connectivity index (χ2n) is 4.65. The van der Waals surface area contributed by atoms with E-state index in [0.717, 1.165) is 17.6 Å². The normalized spacial score (nSPS) is 10.6. The fourth-order valence-corrected chi connectivity index (χ4v) is 1.89. The molecule has 0 unspecified atom stereocenters. The summed E-state index contributed by atoms with van der Waals surface area (Å²) in [7, 11) is 1.82. The largest absolute Gasteiger partial charge is 0.350 e. The summed E-state index contributed by atoms with van der Waals surface area (Å²) in [5.74, 6) is -0.146. The summed E-state index contributed by atoms with van der Waals surface area (Å²) in [5.41, 5.74) is 1.72. The van der Waals surface area contributed by atoms with Gasteiger partial charge < -0.3 is 5.32 Å². The van der Waals surface area contributed by atoms with Crippen LogP contribution >= 0.6 is 0 Å². The molecule has 0 bridgehead atoms. The summed E-state index contributed by atoms with van der Waals surface area (Å²) in [6.45, 7) is 2.58. The van der Waals surface area contributed by atoms with Gasteiger partial charge in [-0.05, 0) is 13.0 Å². The molecule has 2 heterocycles. The molecule has 2 rings (SSSR count). The number of hydrogen-bond donors (Lipinski definition) is 1. The Morgan fingerprint density at radius 2 is 2.29 bits per heavy atom. The Morgan fingerprint density at radius 1 is 1.52 bits per heavy atom. The molecular formula is C12H16N6O3. The zero-order valence-electron chi connectivity index (χ0n) is 11.8. The Hall–Kier alpha value is -2.71. The van der Waals surface area contributed by atoms with Crippen LogP contribution in [0.1, 0.15) is 17.8 Å². The summed E-state index contributed by atoms with van der Waals surface area (Å²) in [6, 6.07) is 1.90. The predicted molar refractivity (Wildman–Crippen MR) is 73.3 cm³/mol. The first-order valence-electron chi connectivity index (χ1n) is 6.39. The topological polar surface area (TPSA) is 108 Å². The third-order valence-electron chi connectivity index (χ3n) is 2.96. The molecule has 1 N–H and O–H groups in total. The van der Waals surface area contributed by atoms with Gasteiger partial charge in [-0.15, -0.1) is 0 Å². The van der Waals surface area contributed by atoms with Crippen molar-refractivity contribution in [2.75, 3.05) is 0 Å². The van der Waals surface area contributed by atoms with Crippen LogP contribution < -0.4 is 5.32 Å². The number of hydrogen-bond acceptors (Lipinski definition) is 5. The molecule has 0 saturated heterocycles. The fourth-order valence-electron chi connectivity index (χ4n) is 1.89. The minimum atomic E-state index is -0.520. The zero-order valence-corrected chi connectivity index (χ0v) is 11.8. The lowest BCUT2D eigenvalue weighted by molar-refractivity contribution is -0.385. The molecule has 0 radical (unpaired) electrons. The Balaban J connectivity index is 1.79. The van der Waals surface area contributed by atoms with E-state index >= 15 is 0 Å². The first-order valence-corrected chi connectivity index (χ1v) is 6.39. The smallest absolute Gasteiger partial charge is 0.306 e. The molecule has 21 heavy (non-hydrogen) atoms. The standard InChI is InChI=1S/C12H16N6O3/c1-9-5-10(16(2)15-9)6-13-12(19)3-4-17-8-11(7-14-17)18(20)21/h5,7-8H,3-4,6H2,1-2H3,(H,13,19). The van der Waals surface area contributed by atoms with E-state index in [2.05, 4.69) is 15.5 Å². The van der Waals surface area contributed by atoms with Gasteiger partial charge >= 0.3 is 5.69 Å². The summed E-state index contributed by atoms with van der Waals surface area (Å²) in [4.78, 5) is 21.7. The van der Waals surface area contributed by atoms with Crippen molar-refractivity contribution in [3.63, 3.8) is 0 Å². The number of aromatic nitrogens is 4. The van der Waals surface area contributed by atoms with Gasteiger partial charge in [-0.2, -0.15) is 10.2 Å². The molecule has 0 aliphatic rings. The van der Waals surface area contributed by atoms with Crippen molar-refractivity contribution in [1.29, 1.82) is 0 Å². The average molecular weight is 292 g/mol. The molecule has 0 saturated carbocycles. The van der Waals surface area contributed by atoms with Crippen LogP contribution in [-0.2, 0) is 24.9 Å². The van der Waals surface area contributed by atoms with Crippen LogP contribution in [0.4, 0.5) is 5.69 Å². The molecule has 9 nitrogen and oxygen atoms in total. The Labute approximate surface area is 120 Å². The summed E-state index contributed by atoms with van der Waals surface area (Å²) >= 11 is 0. The Kier molecular flexibility index (Phi) is 4.31. The van der Waals surface area contributed by atoms with Gasteiger partial charge in [-0.25, -0.2) is 0 Å². The lowest BCUT2D eigenvalue weighted by Gasteiger charge is -2.05. The molecule has 2 aromatic rings. The number of nitrogens with one attached hydrogen (secondary N) is 1. The zero-order chi connectivity index (χ0) is 15.4. The van der Waals surface area contributed by atoms with Crippen LogP contribution in [0.25, 0.3) is 0 Å². The Morgan fingerprint density at radius 3 is 2.86 bits per heavy atom. The highest BCUT2D eigenvalue weighted by atomic mass is 16.6. The molecular weight excluding hydrogens is 276 g/mol. The molecule has 0 aliphatic carbocycles. The number of nitro groups is 1. The van der Waals surface area contributed by atoms with E-state index < -0.39 is 4.92 Å². The van der Waals surface area contributed by atoms with Crippen LogP contribution in [-0.4, -0.2) is 30.4 Å². The second kappa shape index (κ2) is 6.16. The van der Waals surface area contributed by atoms with Gasteiger partial charge in [0.15, 0.2) is 0 Å². The van der Waals surface area contributed by atoms with Gasteiger partial charge in [0.2, 0.25) is 5.91 Å². The minimum Gasteiger partial charge on any atom is -0.350 e. The minimum absolute atomic E-state index is 0.0826. The monoisotopic (exact) mass is 292 g/mol. The van der Waals surface area contributed by atoms with Gasteiger partial charge in [-0.3, -0.25) is 24.3 Å². The quantitative estimate of drug-likeness (QED) is 0.617. The van der Waals surface area contributed by atoms with E-state index in [9.17, 15) is 14.9 Å². The maximum Gasteiger partial charge on any atom is 0.306 e. The SMILES string of the molecule is Cc1cc(CNC(=O)CCn2cc([N+](=O)[O-])cn2)n(C)n1. The first-order chi connectivity index (χ1) is 9.95. The van der Waals surface area contributed by atoms with Gasteiger partial charge in [0.1, 0.15) is 12.4 Å². The highest BCUT2D eigenvalue weighted by Crippen LogP contribution is 2.08. The molecule has 9 heteroatoms. The number of carbonyl (C=O) groups excluding carboxylic acids is 1.